The van der Waals surface area contributed by atoms with Gasteiger partial charge in [0.25, 0.3) is 0 Å². The van der Waals surface area contributed by atoms with E-state index < -0.39 is 0 Å². The normalized spacial score (nSPS) is 13.8. The Hall–Kier alpha value is -4.18. The van der Waals surface area contributed by atoms with E-state index in [1.165, 1.54) is 0 Å². The molecule has 0 saturated carbocycles. The SMILES string of the molecule is COc1cc(NC(=O)Nc2ccc(N3CCCN(Cc4cc(OC)ccc4OC)CC3)nc2)cc(OC)c1. The maximum atomic E-state index is 12.5. The second-order valence-corrected chi connectivity index (χ2v) is 8.88. The smallest absolute Gasteiger partial charge is 0.323 e. The first-order valence-corrected chi connectivity index (χ1v) is 12.5. The first-order valence-electron chi connectivity index (χ1n) is 12.5. The molecule has 10 nitrogen and oxygen atoms in total. The fraction of sp³-hybridized carbons (Fsp3) is 0.357. The van der Waals surface area contributed by atoms with E-state index in [1.807, 2.05) is 30.3 Å². The van der Waals surface area contributed by atoms with Crippen molar-refractivity contribution in [3.63, 3.8) is 0 Å². The summed E-state index contributed by atoms with van der Waals surface area (Å²) in [5.41, 5.74) is 2.27. The number of nitrogens with one attached hydrogen (secondary N) is 2. The largest absolute Gasteiger partial charge is 0.497 e. The Labute approximate surface area is 223 Å². The van der Waals surface area contributed by atoms with E-state index in [9.17, 15) is 4.79 Å². The Balaban J connectivity index is 1.32. The van der Waals surface area contributed by atoms with Crippen LogP contribution in [-0.2, 0) is 6.54 Å². The predicted octanol–water partition coefficient (Wildman–Crippen LogP) is 4.47. The lowest BCUT2D eigenvalue weighted by molar-refractivity contribution is 0.262. The van der Waals surface area contributed by atoms with E-state index in [2.05, 4.69) is 25.4 Å². The van der Waals surface area contributed by atoms with Gasteiger partial charge in [-0.05, 0) is 36.8 Å². The molecule has 0 atom stereocenters. The number of urea groups is 1. The molecule has 1 fully saturated rings. The van der Waals surface area contributed by atoms with Gasteiger partial charge < -0.3 is 34.5 Å². The standard InChI is InChI=1S/C28H35N5O5/c1-35-23-7-8-26(38-4)20(14-23)19-32-10-5-11-33(13-12-32)27-9-6-21(18-29-27)30-28(34)31-22-15-24(36-2)17-25(16-22)37-3/h6-9,14-18H,5,10-13,19H2,1-4H3,(H2,30,31,34). The molecule has 1 aromatic heterocycles. The Kier molecular flexibility index (Phi) is 9.10. The van der Waals surface area contributed by atoms with Crippen LogP contribution in [0.2, 0.25) is 0 Å². The van der Waals surface area contributed by atoms with Crippen molar-refractivity contribution in [1.82, 2.24) is 9.88 Å². The summed E-state index contributed by atoms with van der Waals surface area (Å²) >= 11 is 0. The number of aromatic nitrogens is 1. The van der Waals surface area contributed by atoms with Gasteiger partial charge in [-0.3, -0.25) is 4.90 Å². The molecule has 2 N–H and O–H groups in total. The van der Waals surface area contributed by atoms with Gasteiger partial charge in [0, 0.05) is 62.2 Å². The summed E-state index contributed by atoms with van der Waals surface area (Å²) in [4.78, 5) is 21.8. The first-order chi connectivity index (χ1) is 18.5. The number of hydrogen-bond donors (Lipinski definition) is 2. The van der Waals surface area contributed by atoms with Gasteiger partial charge in [0.15, 0.2) is 0 Å². The van der Waals surface area contributed by atoms with Gasteiger partial charge in [-0.15, -0.1) is 0 Å². The summed E-state index contributed by atoms with van der Waals surface area (Å²) in [5.74, 6) is 3.75. The molecular formula is C28H35N5O5. The van der Waals surface area contributed by atoms with Crippen molar-refractivity contribution in [2.45, 2.75) is 13.0 Å². The molecule has 0 spiro atoms. The number of hydrogen-bond acceptors (Lipinski definition) is 8. The van der Waals surface area contributed by atoms with Crippen molar-refractivity contribution in [3.8, 4) is 23.0 Å². The molecule has 10 heteroatoms. The third-order valence-electron chi connectivity index (χ3n) is 6.41. The molecule has 38 heavy (non-hydrogen) atoms. The van der Waals surface area contributed by atoms with Crippen molar-refractivity contribution in [2.75, 3.05) is 70.2 Å². The van der Waals surface area contributed by atoms with Crippen molar-refractivity contribution in [1.29, 1.82) is 0 Å². The lowest BCUT2D eigenvalue weighted by Crippen LogP contribution is -2.31. The Morgan fingerprint density at radius 3 is 2.18 bits per heavy atom. The minimum absolute atomic E-state index is 0.381. The average molecular weight is 522 g/mol. The van der Waals surface area contributed by atoms with Gasteiger partial charge in [-0.25, -0.2) is 9.78 Å². The van der Waals surface area contributed by atoms with Crippen LogP contribution in [0.4, 0.5) is 22.0 Å². The zero-order chi connectivity index (χ0) is 26.9. The van der Waals surface area contributed by atoms with Crippen LogP contribution in [0.15, 0.2) is 54.7 Å². The van der Waals surface area contributed by atoms with E-state index in [-0.39, 0.29) is 6.03 Å². The minimum Gasteiger partial charge on any atom is -0.497 e. The van der Waals surface area contributed by atoms with Gasteiger partial charge in [0.05, 0.1) is 40.3 Å². The van der Waals surface area contributed by atoms with E-state index >= 15 is 0 Å². The molecule has 0 bridgehead atoms. The molecule has 3 aromatic rings. The number of amides is 2. The summed E-state index contributed by atoms with van der Waals surface area (Å²) < 4.78 is 21.5. The molecule has 1 aliphatic heterocycles. The number of anilines is 3. The van der Waals surface area contributed by atoms with Crippen LogP contribution >= 0.6 is 0 Å². The molecule has 2 aromatic carbocycles. The zero-order valence-electron chi connectivity index (χ0n) is 22.3. The van der Waals surface area contributed by atoms with Crippen LogP contribution in [0.1, 0.15) is 12.0 Å². The van der Waals surface area contributed by atoms with Crippen LogP contribution < -0.4 is 34.5 Å². The average Bonchev–Trinajstić information content (AvgIpc) is 3.18. The van der Waals surface area contributed by atoms with Gasteiger partial charge in [-0.1, -0.05) is 0 Å². The molecule has 4 rings (SSSR count). The highest BCUT2D eigenvalue weighted by molar-refractivity contribution is 5.99. The highest BCUT2D eigenvalue weighted by Crippen LogP contribution is 2.27. The minimum atomic E-state index is -0.381. The van der Waals surface area contributed by atoms with Crippen LogP contribution in [0.25, 0.3) is 0 Å². The highest BCUT2D eigenvalue weighted by Gasteiger charge is 2.18. The van der Waals surface area contributed by atoms with Gasteiger partial charge in [0.2, 0.25) is 0 Å². The summed E-state index contributed by atoms with van der Waals surface area (Å²) in [7, 11) is 6.49. The number of carbonyl (C=O) groups excluding carboxylic acids is 1. The van der Waals surface area contributed by atoms with Gasteiger partial charge in [0.1, 0.15) is 28.8 Å². The second-order valence-electron chi connectivity index (χ2n) is 8.88. The van der Waals surface area contributed by atoms with Crippen molar-refractivity contribution >= 4 is 23.2 Å². The Morgan fingerprint density at radius 2 is 1.53 bits per heavy atom. The predicted molar refractivity (Wildman–Crippen MR) is 148 cm³/mol. The molecule has 202 valence electrons. The molecule has 0 unspecified atom stereocenters. The third kappa shape index (κ3) is 6.98. The molecule has 2 heterocycles. The Morgan fingerprint density at radius 1 is 0.789 bits per heavy atom. The summed E-state index contributed by atoms with van der Waals surface area (Å²) in [6.45, 7) is 4.42. The summed E-state index contributed by atoms with van der Waals surface area (Å²) in [5, 5.41) is 5.61. The lowest BCUT2D eigenvalue weighted by Gasteiger charge is -2.23. The number of carbonyl (C=O) groups is 1. The van der Waals surface area contributed by atoms with E-state index in [0.29, 0.717) is 22.9 Å². The fourth-order valence-electron chi connectivity index (χ4n) is 4.42. The van der Waals surface area contributed by atoms with Crippen LogP contribution in [-0.4, -0.2) is 70.5 Å². The zero-order valence-corrected chi connectivity index (χ0v) is 22.3. The lowest BCUT2D eigenvalue weighted by atomic mass is 10.1. The molecule has 0 aliphatic carbocycles. The number of pyridine rings is 1. The molecular weight excluding hydrogens is 486 g/mol. The number of benzene rings is 2. The van der Waals surface area contributed by atoms with E-state index in [4.69, 9.17) is 18.9 Å². The number of rotatable bonds is 9. The molecule has 1 saturated heterocycles. The number of ether oxygens (including phenoxy) is 4. The monoisotopic (exact) mass is 521 g/mol. The van der Waals surface area contributed by atoms with E-state index in [0.717, 1.165) is 62.0 Å². The van der Waals surface area contributed by atoms with Crippen molar-refractivity contribution in [2.24, 2.45) is 0 Å². The topological polar surface area (TPSA) is 97.4 Å². The first kappa shape index (κ1) is 26.9. The number of nitrogens with zero attached hydrogens (tertiary/aromatic N) is 3. The van der Waals surface area contributed by atoms with Crippen LogP contribution in [0, 0.1) is 0 Å². The quantitative estimate of drug-likeness (QED) is 0.426. The van der Waals surface area contributed by atoms with Crippen LogP contribution in [0.5, 0.6) is 23.0 Å². The fourth-order valence-corrected chi connectivity index (χ4v) is 4.42. The maximum absolute atomic E-state index is 12.5. The van der Waals surface area contributed by atoms with E-state index in [1.54, 1.807) is 52.8 Å². The summed E-state index contributed by atoms with van der Waals surface area (Å²) in [6.07, 6.45) is 2.69. The second kappa shape index (κ2) is 12.9. The number of methoxy groups -OCH3 is 4. The highest BCUT2D eigenvalue weighted by atomic mass is 16.5. The summed E-state index contributed by atoms with van der Waals surface area (Å²) in [6, 6.07) is 14.5. The molecule has 0 radical (unpaired) electrons. The van der Waals surface area contributed by atoms with Crippen molar-refractivity contribution in [3.05, 3.63) is 60.3 Å². The molecule has 2 amide bonds. The van der Waals surface area contributed by atoms with Gasteiger partial charge in [-0.2, -0.15) is 0 Å². The third-order valence-corrected chi connectivity index (χ3v) is 6.41. The molecule has 1 aliphatic rings. The Bertz CT molecular complexity index is 1200. The van der Waals surface area contributed by atoms with Crippen LogP contribution in [0.3, 0.4) is 0 Å². The maximum Gasteiger partial charge on any atom is 0.323 e. The van der Waals surface area contributed by atoms with Gasteiger partial charge >= 0.3 is 6.03 Å². The van der Waals surface area contributed by atoms with Crippen molar-refractivity contribution < 1.29 is 23.7 Å².